The van der Waals surface area contributed by atoms with E-state index in [0.717, 1.165) is 0 Å². The number of hydrogen-bond acceptors (Lipinski definition) is 4. The molecule has 13 heavy (non-hydrogen) atoms. The Morgan fingerprint density at radius 3 is 2.46 bits per heavy atom. The van der Waals surface area contributed by atoms with Gasteiger partial charge in [0.15, 0.2) is 0 Å². The molecule has 1 heterocycles. The first-order chi connectivity index (χ1) is 6.07. The van der Waals surface area contributed by atoms with Gasteiger partial charge in [-0.1, -0.05) is 0 Å². The summed E-state index contributed by atoms with van der Waals surface area (Å²) in [5.74, 6) is 0. The molecule has 4 heteroatoms. The van der Waals surface area contributed by atoms with E-state index in [4.69, 9.17) is 5.11 Å². The minimum absolute atomic E-state index is 0.128. The molecule has 0 radical (unpaired) electrons. The van der Waals surface area contributed by atoms with Crippen molar-refractivity contribution in [2.75, 3.05) is 34.8 Å². The summed E-state index contributed by atoms with van der Waals surface area (Å²) in [6, 6.07) is 0.128. The van der Waals surface area contributed by atoms with Crippen LogP contribution in [-0.2, 0) is 0 Å². The van der Waals surface area contributed by atoms with Crippen LogP contribution in [0.15, 0.2) is 12.3 Å². The molecule has 1 aliphatic rings. The Hall–Kier alpha value is -0.580. The van der Waals surface area contributed by atoms with E-state index < -0.39 is 0 Å². The molecule has 0 aliphatic carbocycles. The van der Waals surface area contributed by atoms with Crippen molar-refractivity contribution in [1.29, 1.82) is 0 Å². The fourth-order valence-corrected chi connectivity index (χ4v) is 1.82. The molecular formula is C9H19N3O. The van der Waals surface area contributed by atoms with Crippen LogP contribution in [0.1, 0.15) is 0 Å². The number of aliphatic hydroxyl groups excluding tert-OH is 1. The summed E-state index contributed by atoms with van der Waals surface area (Å²) < 4.78 is 0. The van der Waals surface area contributed by atoms with Gasteiger partial charge < -0.3 is 10.0 Å². The van der Waals surface area contributed by atoms with E-state index in [1.165, 1.54) is 0 Å². The predicted octanol–water partition coefficient (Wildman–Crippen LogP) is -0.417. The summed E-state index contributed by atoms with van der Waals surface area (Å²) in [6.07, 6.45) is 4.26. The van der Waals surface area contributed by atoms with Crippen molar-refractivity contribution in [3.63, 3.8) is 0 Å². The highest BCUT2D eigenvalue weighted by atomic mass is 16.3. The summed E-state index contributed by atoms with van der Waals surface area (Å²) in [7, 11) is 8.12. The van der Waals surface area contributed by atoms with E-state index in [1.807, 2.05) is 40.5 Å². The van der Waals surface area contributed by atoms with Crippen LogP contribution in [0.5, 0.6) is 0 Å². The van der Waals surface area contributed by atoms with Crippen LogP contribution in [0.2, 0.25) is 0 Å². The van der Waals surface area contributed by atoms with Crippen molar-refractivity contribution in [2.24, 2.45) is 0 Å². The molecule has 0 spiro atoms. The Labute approximate surface area is 80.0 Å². The quantitative estimate of drug-likeness (QED) is 0.633. The van der Waals surface area contributed by atoms with Crippen molar-refractivity contribution < 1.29 is 5.11 Å². The highest BCUT2D eigenvalue weighted by molar-refractivity contribution is 4.99. The van der Waals surface area contributed by atoms with Crippen LogP contribution in [0.4, 0.5) is 0 Å². The van der Waals surface area contributed by atoms with Gasteiger partial charge in [0, 0.05) is 7.05 Å². The molecule has 0 aromatic carbocycles. The molecule has 0 fully saturated rings. The number of likely N-dealkylation sites (N-methyl/N-ethyl adjacent to an activating group) is 1. The molecule has 0 saturated heterocycles. The summed E-state index contributed by atoms with van der Waals surface area (Å²) in [5, 5.41) is 9.12. The van der Waals surface area contributed by atoms with Gasteiger partial charge in [-0.25, -0.2) is 0 Å². The Morgan fingerprint density at radius 2 is 2.00 bits per heavy atom. The molecule has 2 unspecified atom stereocenters. The highest BCUT2D eigenvalue weighted by Crippen LogP contribution is 2.15. The largest absolute Gasteiger partial charge is 0.394 e. The Kier molecular flexibility index (Phi) is 3.30. The maximum Gasteiger partial charge on any atom is 0.139 e. The fourth-order valence-electron chi connectivity index (χ4n) is 1.82. The molecule has 2 atom stereocenters. The topological polar surface area (TPSA) is 30.0 Å². The molecule has 0 saturated carbocycles. The molecular weight excluding hydrogens is 166 g/mol. The van der Waals surface area contributed by atoms with Gasteiger partial charge >= 0.3 is 0 Å². The van der Waals surface area contributed by atoms with E-state index in [9.17, 15) is 0 Å². The van der Waals surface area contributed by atoms with Crippen LogP contribution in [0.25, 0.3) is 0 Å². The van der Waals surface area contributed by atoms with Crippen LogP contribution >= 0.6 is 0 Å². The van der Waals surface area contributed by atoms with Crippen molar-refractivity contribution in [3.8, 4) is 0 Å². The average Bonchev–Trinajstić information content (AvgIpc) is 2.04. The van der Waals surface area contributed by atoms with E-state index in [2.05, 4.69) is 14.7 Å². The van der Waals surface area contributed by atoms with Gasteiger partial charge in [-0.2, -0.15) is 0 Å². The third-order valence-corrected chi connectivity index (χ3v) is 2.44. The van der Waals surface area contributed by atoms with Gasteiger partial charge in [0.25, 0.3) is 0 Å². The summed E-state index contributed by atoms with van der Waals surface area (Å²) in [6.45, 7) is 0.172. The lowest BCUT2D eigenvalue weighted by atomic mass is 10.2. The van der Waals surface area contributed by atoms with Crippen molar-refractivity contribution in [2.45, 2.75) is 12.3 Å². The Bertz CT molecular complexity index is 193. The van der Waals surface area contributed by atoms with Gasteiger partial charge in [-0.3, -0.25) is 9.80 Å². The van der Waals surface area contributed by atoms with E-state index in [0.29, 0.717) is 0 Å². The average molecular weight is 185 g/mol. The van der Waals surface area contributed by atoms with E-state index in [1.54, 1.807) is 0 Å². The van der Waals surface area contributed by atoms with Gasteiger partial charge in [0.1, 0.15) is 6.29 Å². The minimum Gasteiger partial charge on any atom is -0.394 e. The Balaban J connectivity index is 2.78. The second kappa shape index (κ2) is 4.09. The lowest BCUT2D eigenvalue weighted by molar-refractivity contribution is -0.0330. The maximum absolute atomic E-state index is 9.12. The molecule has 1 rings (SSSR count). The zero-order chi connectivity index (χ0) is 10.0. The molecule has 1 N–H and O–H groups in total. The second-order valence-corrected chi connectivity index (χ2v) is 3.73. The first-order valence-electron chi connectivity index (χ1n) is 4.47. The molecule has 0 amide bonds. The highest BCUT2D eigenvalue weighted by Gasteiger charge is 2.27. The lowest BCUT2D eigenvalue weighted by Crippen LogP contribution is -2.57. The molecule has 4 nitrogen and oxygen atoms in total. The Morgan fingerprint density at radius 1 is 1.38 bits per heavy atom. The minimum atomic E-state index is 0.128. The lowest BCUT2D eigenvalue weighted by Gasteiger charge is -2.44. The third-order valence-electron chi connectivity index (χ3n) is 2.44. The molecule has 76 valence electrons. The first kappa shape index (κ1) is 10.5. The molecule has 0 aromatic rings. The standard InChI is InChI=1S/C9H19N3O/c1-10(2)9-11(3)6-5-8(7-13)12(9)4/h5-6,8-9,13H,7H2,1-4H3. The number of aliphatic hydroxyl groups is 1. The monoisotopic (exact) mass is 185 g/mol. The van der Waals surface area contributed by atoms with Gasteiger partial charge in [-0.15, -0.1) is 0 Å². The van der Waals surface area contributed by atoms with E-state index in [-0.39, 0.29) is 18.9 Å². The summed E-state index contributed by atoms with van der Waals surface area (Å²) in [4.78, 5) is 6.37. The van der Waals surface area contributed by atoms with Gasteiger partial charge in [0.05, 0.1) is 12.6 Å². The number of rotatable bonds is 2. The first-order valence-corrected chi connectivity index (χ1v) is 4.47. The molecule has 0 aromatic heterocycles. The third kappa shape index (κ3) is 2.02. The summed E-state index contributed by atoms with van der Waals surface area (Å²) >= 11 is 0. The maximum atomic E-state index is 9.12. The van der Waals surface area contributed by atoms with Crippen molar-refractivity contribution in [3.05, 3.63) is 12.3 Å². The zero-order valence-corrected chi connectivity index (χ0v) is 8.81. The van der Waals surface area contributed by atoms with Gasteiger partial charge in [-0.05, 0) is 33.4 Å². The van der Waals surface area contributed by atoms with Gasteiger partial charge in [0.2, 0.25) is 0 Å². The number of hydrogen-bond donors (Lipinski definition) is 1. The number of nitrogens with zero attached hydrogens (tertiary/aromatic N) is 3. The predicted molar refractivity (Wildman–Crippen MR) is 53.0 cm³/mol. The molecule has 0 bridgehead atoms. The normalized spacial score (nSPS) is 30.2. The summed E-state index contributed by atoms with van der Waals surface area (Å²) in [5.41, 5.74) is 0. The van der Waals surface area contributed by atoms with Crippen LogP contribution in [-0.4, -0.2) is 66.9 Å². The fraction of sp³-hybridized carbons (Fsp3) is 0.778. The SMILES string of the molecule is CN(C)C1N(C)C=CC(CO)N1C. The zero-order valence-electron chi connectivity index (χ0n) is 8.81. The van der Waals surface area contributed by atoms with E-state index >= 15 is 0 Å². The van der Waals surface area contributed by atoms with Crippen LogP contribution in [0.3, 0.4) is 0 Å². The van der Waals surface area contributed by atoms with Crippen molar-refractivity contribution in [1.82, 2.24) is 14.7 Å². The smallest absolute Gasteiger partial charge is 0.139 e. The molecule has 1 aliphatic heterocycles. The van der Waals surface area contributed by atoms with Crippen LogP contribution < -0.4 is 0 Å². The van der Waals surface area contributed by atoms with Crippen molar-refractivity contribution >= 4 is 0 Å². The second-order valence-electron chi connectivity index (χ2n) is 3.73. The van der Waals surface area contributed by atoms with Crippen LogP contribution in [0, 0.1) is 0 Å².